The first-order valence-electron chi connectivity index (χ1n) is 6.42. The number of aromatic nitrogens is 1. The fraction of sp³-hybridized carbons (Fsp3) is 0.538. The maximum atomic E-state index is 12.0. The van der Waals surface area contributed by atoms with Gasteiger partial charge >= 0.3 is 0 Å². The van der Waals surface area contributed by atoms with Crippen molar-refractivity contribution in [3.63, 3.8) is 0 Å². The number of likely N-dealkylation sites (tertiary alicyclic amines) is 1. The van der Waals surface area contributed by atoms with Gasteiger partial charge in [-0.3, -0.25) is 9.69 Å². The number of carbonyl (C=O) groups excluding carboxylic acids is 1. The molecule has 0 saturated carbocycles. The number of pyridine rings is 1. The van der Waals surface area contributed by atoms with E-state index in [9.17, 15) is 4.79 Å². The Morgan fingerprint density at radius 3 is 2.79 bits per heavy atom. The molecule has 1 aliphatic rings. The highest BCUT2D eigenvalue weighted by molar-refractivity contribution is 6.34. The lowest BCUT2D eigenvalue weighted by atomic mass is 10.2. The normalized spacial score (nSPS) is 17.4. The van der Waals surface area contributed by atoms with Gasteiger partial charge in [-0.2, -0.15) is 0 Å². The fourth-order valence-corrected chi connectivity index (χ4v) is 2.55. The van der Waals surface area contributed by atoms with Crippen LogP contribution < -0.4 is 5.32 Å². The summed E-state index contributed by atoms with van der Waals surface area (Å²) < 4.78 is 0. The van der Waals surface area contributed by atoms with Gasteiger partial charge in [-0.15, -0.1) is 0 Å². The summed E-state index contributed by atoms with van der Waals surface area (Å²) in [5, 5.41) is 3.44. The molecule has 4 nitrogen and oxygen atoms in total. The molecule has 1 N–H and O–H groups in total. The molecule has 19 heavy (non-hydrogen) atoms. The van der Waals surface area contributed by atoms with Crippen LogP contribution in [-0.2, 0) is 0 Å². The summed E-state index contributed by atoms with van der Waals surface area (Å²) in [6.45, 7) is 4.91. The van der Waals surface area contributed by atoms with Crippen LogP contribution in [0.25, 0.3) is 0 Å². The molecular weight excluding hydrogens is 285 g/mol. The van der Waals surface area contributed by atoms with Gasteiger partial charge in [0.15, 0.2) is 0 Å². The zero-order chi connectivity index (χ0) is 13.8. The number of hydrogen-bond donors (Lipinski definition) is 1. The molecule has 2 heterocycles. The van der Waals surface area contributed by atoms with Crippen molar-refractivity contribution in [2.45, 2.75) is 25.8 Å². The van der Waals surface area contributed by atoms with E-state index in [1.54, 1.807) is 12.1 Å². The fourth-order valence-electron chi connectivity index (χ4n) is 2.21. The van der Waals surface area contributed by atoms with E-state index in [1.165, 1.54) is 12.8 Å². The van der Waals surface area contributed by atoms with Crippen LogP contribution in [-0.4, -0.2) is 41.5 Å². The topological polar surface area (TPSA) is 45.2 Å². The second-order valence-electron chi connectivity index (χ2n) is 4.77. The van der Waals surface area contributed by atoms with Crippen LogP contribution in [0.5, 0.6) is 0 Å². The van der Waals surface area contributed by atoms with Gasteiger partial charge in [0, 0.05) is 12.6 Å². The number of nitrogens with one attached hydrogen (secondary N) is 1. The van der Waals surface area contributed by atoms with Gasteiger partial charge in [0.25, 0.3) is 5.91 Å². The van der Waals surface area contributed by atoms with Gasteiger partial charge in [-0.05, 0) is 45.0 Å². The van der Waals surface area contributed by atoms with Crippen LogP contribution in [0.15, 0.2) is 12.1 Å². The third kappa shape index (κ3) is 3.81. The van der Waals surface area contributed by atoms with Gasteiger partial charge in [-0.1, -0.05) is 23.2 Å². The molecule has 1 atom stereocenters. The minimum Gasteiger partial charge on any atom is -0.349 e. The van der Waals surface area contributed by atoms with Crippen LogP contribution >= 0.6 is 23.2 Å². The quantitative estimate of drug-likeness (QED) is 0.870. The second kappa shape index (κ2) is 6.55. The van der Waals surface area contributed by atoms with E-state index in [2.05, 4.69) is 22.1 Å². The highest BCUT2D eigenvalue weighted by Crippen LogP contribution is 2.17. The van der Waals surface area contributed by atoms with Crippen molar-refractivity contribution < 1.29 is 4.79 Å². The first-order chi connectivity index (χ1) is 9.08. The molecular formula is C13H17Cl2N3O. The van der Waals surface area contributed by atoms with E-state index in [4.69, 9.17) is 23.2 Å². The first-order valence-corrected chi connectivity index (χ1v) is 7.18. The monoisotopic (exact) mass is 301 g/mol. The number of carbonyl (C=O) groups is 1. The van der Waals surface area contributed by atoms with E-state index in [0.29, 0.717) is 17.6 Å². The van der Waals surface area contributed by atoms with Gasteiger partial charge in [-0.25, -0.2) is 4.98 Å². The zero-order valence-electron chi connectivity index (χ0n) is 10.8. The summed E-state index contributed by atoms with van der Waals surface area (Å²) in [5.74, 6) is -0.279. The summed E-state index contributed by atoms with van der Waals surface area (Å²) in [5.41, 5.74) is 0.183. The molecule has 1 unspecified atom stereocenters. The molecule has 1 saturated heterocycles. The number of amides is 1. The number of hydrogen-bond acceptors (Lipinski definition) is 3. The second-order valence-corrected chi connectivity index (χ2v) is 5.56. The molecule has 0 bridgehead atoms. The molecule has 1 amide bonds. The lowest BCUT2D eigenvalue weighted by molar-refractivity contribution is 0.0935. The molecule has 0 radical (unpaired) electrons. The standard InChI is InChI=1S/C13H17Cl2N3O/c1-9(18-6-2-3-7-18)8-16-13(19)12-10(14)4-5-11(15)17-12/h4-5,9H,2-3,6-8H2,1H3,(H,16,19). The summed E-state index contributed by atoms with van der Waals surface area (Å²) in [6, 6.07) is 3.47. The van der Waals surface area contributed by atoms with Crippen LogP contribution in [0.2, 0.25) is 10.2 Å². The molecule has 0 aromatic carbocycles. The minimum atomic E-state index is -0.279. The summed E-state index contributed by atoms with van der Waals surface area (Å²) >= 11 is 11.7. The van der Waals surface area contributed by atoms with Crippen molar-refractivity contribution in [3.05, 3.63) is 28.0 Å². The molecule has 1 aliphatic heterocycles. The average Bonchev–Trinajstić information content (AvgIpc) is 2.92. The molecule has 104 valence electrons. The zero-order valence-corrected chi connectivity index (χ0v) is 12.3. The van der Waals surface area contributed by atoms with Gasteiger partial charge in [0.1, 0.15) is 10.8 Å². The van der Waals surface area contributed by atoms with Crippen LogP contribution in [0, 0.1) is 0 Å². The molecule has 1 fully saturated rings. The SMILES string of the molecule is CC(CNC(=O)c1nc(Cl)ccc1Cl)N1CCCC1. The molecule has 1 aromatic heterocycles. The number of nitrogens with zero attached hydrogens (tertiary/aromatic N) is 2. The Bertz CT molecular complexity index is 461. The van der Waals surface area contributed by atoms with Crippen molar-refractivity contribution in [1.29, 1.82) is 0 Å². The Kier molecular flexibility index (Phi) is 5.02. The lowest BCUT2D eigenvalue weighted by Crippen LogP contribution is -2.40. The third-order valence-corrected chi connectivity index (χ3v) is 3.86. The van der Waals surface area contributed by atoms with Gasteiger partial charge in [0.2, 0.25) is 0 Å². The van der Waals surface area contributed by atoms with Gasteiger partial charge in [0.05, 0.1) is 5.02 Å². The molecule has 6 heteroatoms. The van der Waals surface area contributed by atoms with E-state index in [0.717, 1.165) is 13.1 Å². The van der Waals surface area contributed by atoms with E-state index >= 15 is 0 Å². The summed E-state index contributed by atoms with van der Waals surface area (Å²) in [4.78, 5) is 18.3. The Balaban J connectivity index is 1.91. The Morgan fingerprint density at radius 1 is 1.42 bits per heavy atom. The third-order valence-electron chi connectivity index (χ3n) is 3.35. The molecule has 0 aliphatic carbocycles. The van der Waals surface area contributed by atoms with Crippen molar-refractivity contribution in [1.82, 2.24) is 15.2 Å². The van der Waals surface area contributed by atoms with E-state index in [1.807, 2.05) is 0 Å². The molecule has 2 rings (SSSR count). The predicted octanol–water partition coefficient (Wildman–Crippen LogP) is 2.60. The highest BCUT2D eigenvalue weighted by atomic mass is 35.5. The van der Waals surface area contributed by atoms with E-state index < -0.39 is 0 Å². The van der Waals surface area contributed by atoms with Crippen molar-refractivity contribution in [2.75, 3.05) is 19.6 Å². The van der Waals surface area contributed by atoms with Crippen LogP contribution in [0.1, 0.15) is 30.3 Å². The molecule has 1 aromatic rings. The lowest BCUT2D eigenvalue weighted by Gasteiger charge is -2.23. The highest BCUT2D eigenvalue weighted by Gasteiger charge is 2.19. The maximum absolute atomic E-state index is 12.0. The largest absolute Gasteiger partial charge is 0.349 e. The van der Waals surface area contributed by atoms with E-state index in [-0.39, 0.29) is 16.8 Å². The van der Waals surface area contributed by atoms with Crippen molar-refractivity contribution in [3.8, 4) is 0 Å². The maximum Gasteiger partial charge on any atom is 0.271 e. The Hall–Kier alpha value is -0.840. The van der Waals surface area contributed by atoms with Crippen molar-refractivity contribution in [2.24, 2.45) is 0 Å². The average molecular weight is 302 g/mol. The number of halogens is 2. The number of rotatable bonds is 4. The Morgan fingerprint density at radius 2 is 2.11 bits per heavy atom. The Labute approximate surface area is 123 Å². The van der Waals surface area contributed by atoms with Crippen molar-refractivity contribution >= 4 is 29.1 Å². The smallest absolute Gasteiger partial charge is 0.271 e. The van der Waals surface area contributed by atoms with Crippen LogP contribution in [0.3, 0.4) is 0 Å². The molecule has 0 spiro atoms. The first kappa shape index (κ1) is 14.6. The summed E-state index contributed by atoms with van der Waals surface area (Å²) in [7, 11) is 0. The van der Waals surface area contributed by atoms with Gasteiger partial charge < -0.3 is 5.32 Å². The van der Waals surface area contributed by atoms with Crippen LogP contribution in [0.4, 0.5) is 0 Å². The summed E-state index contributed by atoms with van der Waals surface area (Å²) in [6.07, 6.45) is 2.47. The predicted molar refractivity (Wildman–Crippen MR) is 76.9 cm³/mol. The minimum absolute atomic E-state index is 0.183.